The van der Waals surface area contributed by atoms with Crippen molar-refractivity contribution >= 4 is 16.5 Å². The van der Waals surface area contributed by atoms with Gasteiger partial charge in [-0.15, -0.1) is 11.3 Å². The minimum atomic E-state index is 0.696. The molecule has 2 aliphatic rings. The van der Waals surface area contributed by atoms with Crippen LogP contribution in [0.3, 0.4) is 0 Å². The van der Waals surface area contributed by atoms with E-state index in [0.29, 0.717) is 6.04 Å². The standard InChI is InChI=1S/C13H22N4S/c1-11-12(2-3-14-11)10-16-5-7-17(8-6-16)13-15-4-9-18-13/h4,9,11-12,14H,2-3,5-8,10H2,1H3. The van der Waals surface area contributed by atoms with Crippen molar-refractivity contribution in [3.63, 3.8) is 0 Å². The molecule has 2 unspecified atom stereocenters. The van der Waals surface area contributed by atoms with E-state index in [-0.39, 0.29) is 0 Å². The van der Waals surface area contributed by atoms with Gasteiger partial charge < -0.3 is 10.2 Å². The molecule has 0 amide bonds. The lowest BCUT2D eigenvalue weighted by Crippen LogP contribution is -2.48. The minimum absolute atomic E-state index is 0.696. The Bertz CT molecular complexity index is 359. The molecule has 0 spiro atoms. The Balaban J connectivity index is 1.48. The highest BCUT2D eigenvalue weighted by Gasteiger charge is 2.27. The maximum absolute atomic E-state index is 4.40. The van der Waals surface area contributed by atoms with Gasteiger partial charge in [0.1, 0.15) is 0 Å². The summed E-state index contributed by atoms with van der Waals surface area (Å²) in [6, 6.07) is 0.696. The fourth-order valence-corrected chi connectivity index (χ4v) is 3.68. The molecule has 1 N–H and O–H groups in total. The number of thiazole rings is 1. The average Bonchev–Trinajstić information content (AvgIpc) is 3.03. The average molecular weight is 266 g/mol. The Labute approximate surface area is 113 Å². The molecule has 2 atom stereocenters. The molecule has 5 heteroatoms. The molecule has 0 aromatic carbocycles. The summed E-state index contributed by atoms with van der Waals surface area (Å²) in [4.78, 5) is 9.43. The summed E-state index contributed by atoms with van der Waals surface area (Å²) in [7, 11) is 0. The van der Waals surface area contributed by atoms with E-state index in [4.69, 9.17) is 0 Å². The summed E-state index contributed by atoms with van der Waals surface area (Å²) in [5, 5.41) is 6.79. The molecule has 2 saturated heterocycles. The van der Waals surface area contributed by atoms with Gasteiger partial charge in [0.15, 0.2) is 5.13 Å². The lowest BCUT2D eigenvalue weighted by molar-refractivity contribution is 0.212. The Morgan fingerprint density at radius 1 is 1.39 bits per heavy atom. The first kappa shape index (κ1) is 12.4. The van der Waals surface area contributed by atoms with Gasteiger partial charge in [0, 0.05) is 50.3 Å². The molecule has 0 aliphatic carbocycles. The molecular formula is C13H22N4S. The van der Waals surface area contributed by atoms with E-state index in [2.05, 4.69) is 32.4 Å². The van der Waals surface area contributed by atoms with Gasteiger partial charge >= 0.3 is 0 Å². The second-order valence-electron chi connectivity index (χ2n) is 5.39. The quantitative estimate of drug-likeness (QED) is 0.892. The fraction of sp³-hybridized carbons (Fsp3) is 0.769. The number of rotatable bonds is 3. The molecule has 0 bridgehead atoms. The van der Waals surface area contributed by atoms with Crippen LogP contribution in [0.1, 0.15) is 13.3 Å². The highest BCUT2D eigenvalue weighted by atomic mass is 32.1. The van der Waals surface area contributed by atoms with Gasteiger partial charge in [-0.05, 0) is 25.8 Å². The molecule has 0 radical (unpaired) electrons. The molecule has 2 aliphatic heterocycles. The number of nitrogens with one attached hydrogen (secondary N) is 1. The minimum Gasteiger partial charge on any atom is -0.346 e. The molecule has 4 nitrogen and oxygen atoms in total. The van der Waals surface area contributed by atoms with Crippen molar-refractivity contribution < 1.29 is 0 Å². The number of piperazine rings is 1. The van der Waals surface area contributed by atoms with Crippen molar-refractivity contribution in [3.05, 3.63) is 11.6 Å². The van der Waals surface area contributed by atoms with Gasteiger partial charge in [0.2, 0.25) is 0 Å². The third-order valence-corrected chi connectivity index (χ3v) is 5.08. The zero-order valence-corrected chi connectivity index (χ0v) is 11.8. The molecule has 1 aromatic rings. The number of anilines is 1. The van der Waals surface area contributed by atoms with Crippen LogP contribution in [0, 0.1) is 5.92 Å². The SMILES string of the molecule is CC1NCCC1CN1CCN(c2nccs2)CC1. The van der Waals surface area contributed by atoms with Gasteiger partial charge in [-0.1, -0.05) is 0 Å². The summed E-state index contributed by atoms with van der Waals surface area (Å²) < 4.78 is 0. The van der Waals surface area contributed by atoms with E-state index >= 15 is 0 Å². The van der Waals surface area contributed by atoms with E-state index in [1.807, 2.05) is 6.20 Å². The molecular weight excluding hydrogens is 244 g/mol. The van der Waals surface area contributed by atoms with Crippen LogP contribution >= 0.6 is 11.3 Å². The molecule has 3 rings (SSSR count). The van der Waals surface area contributed by atoms with E-state index in [1.54, 1.807) is 11.3 Å². The van der Waals surface area contributed by atoms with Crippen molar-refractivity contribution in [2.24, 2.45) is 5.92 Å². The van der Waals surface area contributed by atoms with Crippen LogP contribution in [0.5, 0.6) is 0 Å². The Morgan fingerprint density at radius 2 is 2.22 bits per heavy atom. The normalized spacial score (nSPS) is 29.9. The van der Waals surface area contributed by atoms with Crippen LogP contribution in [-0.2, 0) is 0 Å². The first-order valence-electron chi connectivity index (χ1n) is 6.93. The van der Waals surface area contributed by atoms with Gasteiger partial charge in [-0.2, -0.15) is 0 Å². The van der Waals surface area contributed by atoms with Gasteiger partial charge in [-0.25, -0.2) is 4.98 Å². The predicted molar refractivity (Wildman–Crippen MR) is 76.3 cm³/mol. The van der Waals surface area contributed by atoms with Crippen LogP contribution in [0.15, 0.2) is 11.6 Å². The van der Waals surface area contributed by atoms with Crippen LogP contribution in [0.25, 0.3) is 0 Å². The monoisotopic (exact) mass is 266 g/mol. The smallest absolute Gasteiger partial charge is 0.185 e. The zero-order valence-electron chi connectivity index (χ0n) is 11.0. The molecule has 0 saturated carbocycles. The summed E-state index contributed by atoms with van der Waals surface area (Å²) in [5.74, 6) is 0.844. The van der Waals surface area contributed by atoms with E-state index < -0.39 is 0 Å². The van der Waals surface area contributed by atoms with Crippen LogP contribution in [-0.4, -0.2) is 55.2 Å². The van der Waals surface area contributed by atoms with Crippen LogP contribution < -0.4 is 10.2 Å². The van der Waals surface area contributed by atoms with Crippen molar-refractivity contribution in [2.75, 3.05) is 44.2 Å². The third kappa shape index (κ3) is 2.68. The molecule has 1 aromatic heterocycles. The summed E-state index contributed by atoms with van der Waals surface area (Å²) in [6.07, 6.45) is 3.24. The summed E-state index contributed by atoms with van der Waals surface area (Å²) in [5.41, 5.74) is 0. The molecule has 100 valence electrons. The Hall–Kier alpha value is -0.650. The van der Waals surface area contributed by atoms with Crippen molar-refractivity contribution in [2.45, 2.75) is 19.4 Å². The highest BCUT2D eigenvalue weighted by molar-refractivity contribution is 7.13. The Morgan fingerprint density at radius 3 is 2.83 bits per heavy atom. The van der Waals surface area contributed by atoms with E-state index in [0.717, 1.165) is 19.0 Å². The van der Waals surface area contributed by atoms with Crippen LogP contribution in [0.4, 0.5) is 5.13 Å². The number of aromatic nitrogens is 1. The number of hydrogen-bond donors (Lipinski definition) is 1. The van der Waals surface area contributed by atoms with E-state index in [1.165, 1.54) is 37.7 Å². The second-order valence-corrected chi connectivity index (χ2v) is 6.27. The predicted octanol–water partition coefficient (Wildman–Crippen LogP) is 1.26. The van der Waals surface area contributed by atoms with Gasteiger partial charge in [-0.3, -0.25) is 4.90 Å². The van der Waals surface area contributed by atoms with Crippen LogP contribution in [0.2, 0.25) is 0 Å². The first-order valence-corrected chi connectivity index (χ1v) is 7.81. The highest BCUT2D eigenvalue weighted by Crippen LogP contribution is 2.21. The van der Waals surface area contributed by atoms with Crippen molar-refractivity contribution in [1.29, 1.82) is 0 Å². The van der Waals surface area contributed by atoms with Gasteiger partial charge in [0.05, 0.1) is 0 Å². The van der Waals surface area contributed by atoms with E-state index in [9.17, 15) is 0 Å². The maximum atomic E-state index is 4.40. The molecule has 18 heavy (non-hydrogen) atoms. The largest absolute Gasteiger partial charge is 0.346 e. The fourth-order valence-electron chi connectivity index (χ4n) is 2.99. The molecule has 3 heterocycles. The molecule has 2 fully saturated rings. The number of hydrogen-bond acceptors (Lipinski definition) is 5. The summed E-state index contributed by atoms with van der Waals surface area (Å²) >= 11 is 1.75. The number of nitrogens with zero attached hydrogens (tertiary/aromatic N) is 3. The zero-order chi connectivity index (χ0) is 12.4. The lowest BCUT2D eigenvalue weighted by atomic mass is 10.0. The Kier molecular flexibility index (Phi) is 3.82. The third-order valence-electron chi connectivity index (χ3n) is 4.24. The topological polar surface area (TPSA) is 31.4 Å². The lowest BCUT2D eigenvalue weighted by Gasteiger charge is -2.36. The van der Waals surface area contributed by atoms with Gasteiger partial charge in [0.25, 0.3) is 0 Å². The van der Waals surface area contributed by atoms with Crippen molar-refractivity contribution in [3.8, 4) is 0 Å². The van der Waals surface area contributed by atoms with Crippen molar-refractivity contribution in [1.82, 2.24) is 15.2 Å². The summed E-state index contributed by atoms with van der Waals surface area (Å²) in [6.45, 7) is 9.41. The maximum Gasteiger partial charge on any atom is 0.185 e. The first-order chi connectivity index (χ1) is 8.83. The second kappa shape index (κ2) is 5.55.